The topological polar surface area (TPSA) is 15.3 Å². The van der Waals surface area contributed by atoms with Gasteiger partial charge in [0.25, 0.3) is 0 Å². The molecule has 0 aromatic heterocycles. The van der Waals surface area contributed by atoms with Gasteiger partial charge in [-0.25, -0.2) is 0 Å². The van der Waals surface area contributed by atoms with E-state index in [2.05, 4.69) is 76.9 Å². The molecule has 0 saturated carbocycles. The van der Waals surface area contributed by atoms with Crippen LogP contribution in [-0.2, 0) is 0 Å². The predicted molar refractivity (Wildman–Crippen MR) is 94.0 cm³/mol. The molecule has 1 atom stereocenters. The Morgan fingerprint density at radius 2 is 1.71 bits per heavy atom. The van der Waals surface area contributed by atoms with Crippen LogP contribution in [0.25, 0.3) is 0 Å². The summed E-state index contributed by atoms with van der Waals surface area (Å²) in [7, 11) is 0. The first kappa shape index (κ1) is 18.2. The number of rotatable bonds is 8. The van der Waals surface area contributed by atoms with Gasteiger partial charge in [-0.15, -0.1) is 0 Å². The van der Waals surface area contributed by atoms with E-state index < -0.39 is 0 Å². The summed E-state index contributed by atoms with van der Waals surface area (Å²) in [5.74, 6) is 0. The Bertz CT molecular complexity index is 433. The normalized spacial score (nSPS) is 13.7. The molecule has 2 heteroatoms. The van der Waals surface area contributed by atoms with Gasteiger partial charge in [0.1, 0.15) is 0 Å². The number of hydrogen-bond acceptors (Lipinski definition) is 2. The minimum Gasteiger partial charge on any atom is -0.308 e. The van der Waals surface area contributed by atoms with Crippen molar-refractivity contribution >= 4 is 0 Å². The van der Waals surface area contributed by atoms with Gasteiger partial charge < -0.3 is 5.32 Å². The Balaban J connectivity index is 3.20. The lowest BCUT2D eigenvalue weighted by Gasteiger charge is -2.44. The van der Waals surface area contributed by atoms with E-state index in [4.69, 9.17) is 0 Å². The smallest absolute Gasteiger partial charge is 0.0504 e. The van der Waals surface area contributed by atoms with Gasteiger partial charge in [-0.05, 0) is 64.9 Å². The second-order valence-electron chi connectivity index (χ2n) is 6.57. The monoisotopic (exact) mass is 290 g/mol. The van der Waals surface area contributed by atoms with E-state index in [0.717, 1.165) is 26.1 Å². The second-order valence-corrected chi connectivity index (χ2v) is 6.57. The Hall–Kier alpha value is -0.860. The van der Waals surface area contributed by atoms with Crippen molar-refractivity contribution in [2.24, 2.45) is 0 Å². The summed E-state index contributed by atoms with van der Waals surface area (Å²) in [4.78, 5) is 2.56. The molecular weight excluding hydrogens is 256 g/mol. The van der Waals surface area contributed by atoms with E-state index in [0.29, 0.717) is 6.04 Å². The molecule has 1 unspecified atom stereocenters. The van der Waals surface area contributed by atoms with Crippen LogP contribution in [-0.4, -0.2) is 30.1 Å². The second kappa shape index (κ2) is 7.95. The highest BCUT2D eigenvalue weighted by Crippen LogP contribution is 2.33. The van der Waals surface area contributed by atoms with E-state index in [9.17, 15) is 0 Å². The van der Waals surface area contributed by atoms with Crippen molar-refractivity contribution in [2.45, 2.75) is 66.5 Å². The Kier molecular flexibility index (Phi) is 6.89. The third kappa shape index (κ3) is 4.31. The Morgan fingerprint density at radius 3 is 2.19 bits per heavy atom. The highest BCUT2D eigenvalue weighted by molar-refractivity contribution is 5.34. The number of nitrogens with zero attached hydrogens (tertiary/aromatic N) is 1. The highest BCUT2D eigenvalue weighted by atomic mass is 15.2. The third-order valence-electron chi connectivity index (χ3n) is 4.62. The van der Waals surface area contributed by atoms with E-state index in [1.807, 2.05) is 0 Å². The largest absolute Gasteiger partial charge is 0.308 e. The Morgan fingerprint density at radius 1 is 1.10 bits per heavy atom. The molecule has 0 fully saturated rings. The van der Waals surface area contributed by atoms with E-state index in [-0.39, 0.29) is 5.54 Å². The van der Waals surface area contributed by atoms with Crippen LogP contribution in [0.15, 0.2) is 18.2 Å². The lowest BCUT2D eigenvalue weighted by Crippen LogP contribution is -2.52. The van der Waals surface area contributed by atoms with Crippen LogP contribution in [0.4, 0.5) is 0 Å². The zero-order chi connectivity index (χ0) is 16.0. The summed E-state index contributed by atoms with van der Waals surface area (Å²) >= 11 is 0. The third-order valence-corrected chi connectivity index (χ3v) is 4.62. The van der Waals surface area contributed by atoms with Crippen molar-refractivity contribution in [2.75, 3.05) is 19.6 Å². The van der Waals surface area contributed by atoms with Gasteiger partial charge in [0.05, 0.1) is 6.04 Å². The molecule has 0 aliphatic carbocycles. The van der Waals surface area contributed by atoms with Crippen LogP contribution >= 0.6 is 0 Å². The molecule has 21 heavy (non-hydrogen) atoms. The van der Waals surface area contributed by atoms with Crippen molar-refractivity contribution in [3.05, 3.63) is 34.9 Å². The van der Waals surface area contributed by atoms with Crippen molar-refractivity contribution < 1.29 is 0 Å². The highest BCUT2D eigenvalue weighted by Gasteiger charge is 2.35. The molecular formula is C19H34N2. The number of hydrogen-bond donors (Lipinski definition) is 1. The molecule has 0 spiro atoms. The fourth-order valence-corrected chi connectivity index (χ4v) is 3.40. The fourth-order valence-electron chi connectivity index (χ4n) is 3.40. The van der Waals surface area contributed by atoms with Gasteiger partial charge in [0.2, 0.25) is 0 Å². The molecule has 1 rings (SSSR count). The number of nitrogens with one attached hydrogen (secondary N) is 1. The molecule has 0 aliphatic rings. The molecule has 1 N–H and O–H groups in total. The quantitative estimate of drug-likeness (QED) is 0.760. The minimum absolute atomic E-state index is 0.0959. The average Bonchev–Trinajstić information content (AvgIpc) is 2.42. The van der Waals surface area contributed by atoms with Gasteiger partial charge in [-0.1, -0.05) is 44.5 Å². The van der Waals surface area contributed by atoms with E-state index in [1.165, 1.54) is 16.7 Å². The summed E-state index contributed by atoms with van der Waals surface area (Å²) in [6.07, 6.45) is 1.16. The standard InChI is InChI=1S/C19H34N2/c1-8-13-20-18(19(6,7)21(9-2)10-3)17-12-11-15(4)14-16(17)5/h11-12,14,18,20H,8-10,13H2,1-7H3. The number of likely N-dealkylation sites (N-methyl/N-ethyl adjacent to an activating group) is 1. The van der Waals surface area contributed by atoms with Crippen LogP contribution in [0.3, 0.4) is 0 Å². The molecule has 0 radical (unpaired) electrons. The molecule has 0 heterocycles. The van der Waals surface area contributed by atoms with Crippen molar-refractivity contribution in [1.29, 1.82) is 0 Å². The van der Waals surface area contributed by atoms with Gasteiger partial charge in [-0.3, -0.25) is 4.90 Å². The van der Waals surface area contributed by atoms with Gasteiger partial charge in [0, 0.05) is 5.54 Å². The van der Waals surface area contributed by atoms with Crippen LogP contribution in [0, 0.1) is 13.8 Å². The van der Waals surface area contributed by atoms with Crippen molar-refractivity contribution in [3.63, 3.8) is 0 Å². The summed E-state index contributed by atoms with van der Waals surface area (Å²) in [5.41, 5.74) is 4.26. The SMILES string of the molecule is CCCNC(c1ccc(C)cc1C)C(C)(C)N(CC)CC. The van der Waals surface area contributed by atoms with Crippen LogP contribution in [0.2, 0.25) is 0 Å². The van der Waals surface area contributed by atoms with Gasteiger partial charge >= 0.3 is 0 Å². The first-order valence-corrected chi connectivity index (χ1v) is 8.43. The lowest BCUT2D eigenvalue weighted by atomic mass is 9.84. The molecule has 0 saturated heterocycles. The fraction of sp³-hybridized carbons (Fsp3) is 0.684. The number of benzene rings is 1. The van der Waals surface area contributed by atoms with Crippen molar-refractivity contribution in [1.82, 2.24) is 10.2 Å². The Labute approximate surface area is 131 Å². The predicted octanol–water partition coefficient (Wildman–Crippen LogP) is 4.46. The molecule has 0 amide bonds. The zero-order valence-electron chi connectivity index (χ0n) is 15.1. The molecule has 0 aliphatic heterocycles. The van der Waals surface area contributed by atoms with E-state index >= 15 is 0 Å². The summed E-state index contributed by atoms with van der Waals surface area (Å²) < 4.78 is 0. The van der Waals surface area contributed by atoms with E-state index in [1.54, 1.807) is 0 Å². The first-order valence-electron chi connectivity index (χ1n) is 8.43. The minimum atomic E-state index is 0.0959. The average molecular weight is 290 g/mol. The summed E-state index contributed by atoms with van der Waals surface area (Å²) in [5, 5.41) is 3.79. The molecule has 1 aromatic carbocycles. The maximum atomic E-state index is 3.79. The zero-order valence-corrected chi connectivity index (χ0v) is 15.1. The van der Waals surface area contributed by atoms with Crippen molar-refractivity contribution in [3.8, 4) is 0 Å². The van der Waals surface area contributed by atoms with Gasteiger partial charge in [-0.2, -0.15) is 0 Å². The molecule has 2 nitrogen and oxygen atoms in total. The molecule has 1 aromatic rings. The van der Waals surface area contributed by atoms with Crippen LogP contribution < -0.4 is 5.32 Å². The molecule has 0 bridgehead atoms. The maximum absolute atomic E-state index is 3.79. The van der Waals surface area contributed by atoms with Crippen LogP contribution in [0.1, 0.15) is 63.8 Å². The first-order chi connectivity index (χ1) is 9.88. The van der Waals surface area contributed by atoms with Gasteiger partial charge in [0.15, 0.2) is 0 Å². The summed E-state index contributed by atoms with van der Waals surface area (Å²) in [6, 6.07) is 7.21. The maximum Gasteiger partial charge on any atom is 0.0504 e. The lowest BCUT2D eigenvalue weighted by molar-refractivity contribution is 0.0909. The molecule has 120 valence electrons. The summed E-state index contributed by atoms with van der Waals surface area (Å²) in [6.45, 7) is 19.1. The number of aryl methyl sites for hydroxylation is 2. The van der Waals surface area contributed by atoms with Crippen LogP contribution in [0.5, 0.6) is 0 Å².